The number of H-pyrrole nitrogens is 1. The lowest BCUT2D eigenvalue weighted by Gasteiger charge is -2.15. The van der Waals surface area contributed by atoms with E-state index in [1.54, 1.807) is 0 Å². The van der Waals surface area contributed by atoms with Gasteiger partial charge < -0.3 is 45.2 Å². The van der Waals surface area contributed by atoms with Crippen molar-refractivity contribution >= 4 is 87.4 Å². The number of aryl methyl sites for hydroxylation is 4. The maximum Gasteiger partial charge on any atom is 0.300 e. The van der Waals surface area contributed by atoms with Crippen LogP contribution in [0.5, 0.6) is 0 Å². The Labute approximate surface area is 370 Å². The van der Waals surface area contributed by atoms with Crippen LogP contribution in [0.3, 0.4) is 0 Å². The molecule has 0 saturated heterocycles. The number of aromatic nitrogens is 8. The summed E-state index contributed by atoms with van der Waals surface area (Å²) in [4.78, 5) is 29.3. The largest absolute Gasteiger partial charge is 0.423 e. The number of benzene rings is 4. The Balaban J connectivity index is 0.000000167. The highest BCUT2D eigenvalue weighted by atomic mass is 28.3. The fourth-order valence-electron chi connectivity index (χ4n) is 7.79. The predicted octanol–water partition coefficient (Wildman–Crippen LogP) is 11.2. The Morgan fingerprint density at radius 2 is 1.20 bits per heavy atom. The average Bonchev–Trinajstić information content (AvgIpc) is 4.05. The summed E-state index contributed by atoms with van der Waals surface area (Å²) in [7, 11) is -1.15. The van der Waals surface area contributed by atoms with Gasteiger partial charge >= 0.3 is 0 Å². The number of hydrogen-bond donors (Lipinski definition) is 5. The molecule has 0 amide bonds. The topological polar surface area (TPSA) is 210 Å². The van der Waals surface area contributed by atoms with Crippen molar-refractivity contribution in [2.24, 2.45) is 0 Å². The summed E-state index contributed by atoms with van der Waals surface area (Å²) < 4.78 is 19.8. The zero-order valence-electron chi connectivity index (χ0n) is 36.9. The van der Waals surface area contributed by atoms with Crippen molar-refractivity contribution in [1.29, 1.82) is 0 Å². The van der Waals surface area contributed by atoms with Crippen LogP contribution in [0.4, 0.5) is 35.0 Å². The van der Waals surface area contributed by atoms with Gasteiger partial charge in [-0.15, -0.1) is 0 Å². The highest BCUT2D eigenvalue weighted by Gasteiger charge is 2.18. The molecule has 10 aromatic rings. The van der Waals surface area contributed by atoms with E-state index < -0.39 is 8.07 Å². The standard InChI is InChI=1S/C27H32N6O2Si.C21H18N6O/c1-17-12-18(2)24-22(13-17)32-27(35-24)31-20-8-6-19(7-9-20)21-14-33(16-34-10-11-36(3,4)5)26-23(21)25(28)29-15-30-26;1-11-7-12(2)18-16(8-11)27-21(28-18)26-14-5-3-13(4-6-14)15-9-23-20-17(15)19(22)24-10-25-20/h6-9,12-15H,10-11,16H2,1-5H3,(H,31,32)(H2,28,29,30);3-10H,1-2H3,(H,26,27)(H3,22,23,24,25). The maximum absolute atomic E-state index is 6.28. The number of fused-ring (bicyclic) bond motifs is 4. The van der Waals surface area contributed by atoms with E-state index in [1.807, 2.05) is 91.5 Å². The van der Waals surface area contributed by atoms with Crippen LogP contribution in [0.15, 0.2) is 107 Å². The van der Waals surface area contributed by atoms with E-state index in [2.05, 4.69) is 91.1 Å². The maximum atomic E-state index is 6.28. The van der Waals surface area contributed by atoms with E-state index in [9.17, 15) is 0 Å². The van der Waals surface area contributed by atoms with Crippen LogP contribution in [-0.4, -0.2) is 54.1 Å². The quantitative estimate of drug-likeness (QED) is 0.0606. The summed E-state index contributed by atoms with van der Waals surface area (Å²) in [5.41, 5.74) is 27.3. The molecule has 10 rings (SSSR count). The molecule has 0 bridgehead atoms. The number of nitrogens with two attached hydrogens (primary N) is 2. The number of nitrogens with zero attached hydrogens (tertiary/aromatic N) is 7. The van der Waals surface area contributed by atoms with Gasteiger partial charge in [0.05, 0.1) is 10.8 Å². The van der Waals surface area contributed by atoms with E-state index in [0.29, 0.717) is 30.4 Å². The van der Waals surface area contributed by atoms with Crippen LogP contribution in [0.25, 0.3) is 66.5 Å². The van der Waals surface area contributed by atoms with Crippen molar-refractivity contribution < 1.29 is 13.6 Å². The third-order valence-corrected chi connectivity index (χ3v) is 12.6. The van der Waals surface area contributed by atoms with Crippen LogP contribution in [0, 0.1) is 27.7 Å². The minimum Gasteiger partial charge on any atom is -0.423 e. The van der Waals surface area contributed by atoms with Crippen molar-refractivity contribution in [3.8, 4) is 22.3 Å². The number of ether oxygens (including phenoxy) is 1. The van der Waals surface area contributed by atoms with Crippen LogP contribution >= 0.6 is 0 Å². The third-order valence-electron chi connectivity index (χ3n) is 10.9. The first-order chi connectivity index (χ1) is 30.8. The van der Waals surface area contributed by atoms with Gasteiger partial charge in [0, 0.05) is 49.6 Å². The van der Waals surface area contributed by atoms with E-state index in [0.717, 1.165) is 113 Å². The van der Waals surface area contributed by atoms with Gasteiger partial charge in [-0.05, 0) is 104 Å². The van der Waals surface area contributed by atoms with Gasteiger partial charge in [0.15, 0.2) is 11.2 Å². The van der Waals surface area contributed by atoms with E-state index in [-0.39, 0.29) is 0 Å². The van der Waals surface area contributed by atoms with Crippen molar-refractivity contribution in [1.82, 2.24) is 39.5 Å². The van der Waals surface area contributed by atoms with E-state index in [4.69, 9.17) is 25.0 Å². The smallest absolute Gasteiger partial charge is 0.300 e. The molecule has 6 heterocycles. The SMILES string of the molecule is Cc1cc(C)c2oc(Nc3ccc(-c4c[nH]c5ncnc(N)c45)cc3)nc2c1.Cc1cc(C)c2oc(Nc3ccc(-c4cn(COCC[Si](C)(C)C)c5ncnc(N)c45)cc3)nc2c1. The third kappa shape index (κ3) is 8.73. The number of rotatable bonds is 11. The minimum absolute atomic E-state index is 0.424. The molecule has 0 radical (unpaired) electrons. The molecule has 6 aromatic heterocycles. The molecule has 4 aromatic carbocycles. The molecule has 64 heavy (non-hydrogen) atoms. The van der Waals surface area contributed by atoms with Gasteiger partial charge in [0.25, 0.3) is 12.0 Å². The van der Waals surface area contributed by atoms with E-state index >= 15 is 0 Å². The molecule has 0 aliphatic carbocycles. The van der Waals surface area contributed by atoms with Gasteiger partial charge in [-0.3, -0.25) is 0 Å². The fraction of sp³-hybridized carbons (Fsp3) is 0.208. The highest BCUT2D eigenvalue weighted by Crippen LogP contribution is 2.35. The molecule has 0 fully saturated rings. The molecule has 16 heteroatoms. The second-order valence-electron chi connectivity index (χ2n) is 17.3. The number of oxazole rings is 2. The zero-order chi connectivity index (χ0) is 44.7. The Bertz CT molecular complexity index is 3290. The molecular formula is C48H50N12O3Si. The molecule has 0 aliphatic heterocycles. The number of nitrogen functional groups attached to an aromatic ring is 2. The minimum atomic E-state index is -1.15. The Kier molecular flexibility index (Phi) is 11.1. The van der Waals surface area contributed by atoms with Gasteiger partial charge in [-0.25, -0.2) is 19.9 Å². The van der Waals surface area contributed by atoms with Gasteiger partial charge in [0.2, 0.25) is 0 Å². The Hall–Kier alpha value is -7.56. The molecule has 0 saturated carbocycles. The second kappa shape index (κ2) is 17.0. The monoisotopic (exact) mass is 870 g/mol. The van der Waals surface area contributed by atoms with Crippen molar-refractivity contribution in [3.05, 3.63) is 120 Å². The predicted molar refractivity (Wildman–Crippen MR) is 259 cm³/mol. The number of anilines is 6. The van der Waals surface area contributed by atoms with Crippen molar-refractivity contribution in [2.75, 3.05) is 28.7 Å². The molecule has 0 aliphatic rings. The molecule has 0 spiro atoms. The van der Waals surface area contributed by atoms with Gasteiger partial charge in [0.1, 0.15) is 53.3 Å². The number of aromatic amines is 1. The van der Waals surface area contributed by atoms with Gasteiger partial charge in [-0.2, -0.15) is 9.97 Å². The Morgan fingerprint density at radius 1 is 0.672 bits per heavy atom. The number of nitrogens with one attached hydrogen (secondary N) is 3. The molecule has 15 nitrogen and oxygen atoms in total. The van der Waals surface area contributed by atoms with Crippen LogP contribution in [-0.2, 0) is 11.5 Å². The lowest BCUT2D eigenvalue weighted by Crippen LogP contribution is -2.22. The fourth-order valence-corrected chi connectivity index (χ4v) is 8.55. The average molecular weight is 871 g/mol. The van der Waals surface area contributed by atoms with Gasteiger partial charge in [-0.1, -0.05) is 56.0 Å². The Morgan fingerprint density at radius 3 is 1.77 bits per heavy atom. The first-order valence-corrected chi connectivity index (χ1v) is 24.7. The molecule has 0 unspecified atom stereocenters. The lowest BCUT2D eigenvalue weighted by molar-refractivity contribution is 0.0899. The van der Waals surface area contributed by atoms with Crippen LogP contribution < -0.4 is 22.1 Å². The molecular weight excluding hydrogens is 821 g/mol. The van der Waals surface area contributed by atoms with Crippen molar-refractivity contribution in [2.45, 2.75) is 60.1 Å². The zero-order valence-corrected chi connectivity index (χ0v) is 37.9. The second-order valence-corrected chi connectivity index (χ2v) is 22.9. The van der Waals surface area contributed by atoms with Crippen LogP contribution in [0.1, 0.15) is 22.3 Å². The summed E-state index contributed by atoms with van der Waals surface area (Å²) in [6.07, 6.45) is 6.88. The summed E-state index contributed by atoms with van der Waals surface area (Å²) in [5, 5.41) is 8.15. The molecule has 7 N–H and O–H groups in total. The van der Waals surface area contributed by atoms with Crippen molar-refractivity contribution in [3.63, 3.8) is 0 Å². The van der Waals surface area contributed by atoms with E-state index in [1.165, 1.54) is 12.7 Å². The number of hydrogen-bond acceptors (Lipinski definition) is 13. The summed E-state index contributed by atoms with van der Waals surface area (Å²) >= 11 is 0. The lowest BCUT2D eigenvalue weighted by atomic mass is 10.1. The summed E-state index contributed by atoms with van der Waals surface area (Å²) in [6, 6.07) is 26.3. The first-order valence-electron chi connectivity index (χ1n) is 21.0. The molecule has 324 valence electrons. The van der Waals surface area contributed by atoms with Crippen LogP contribution in [0.2, 0.25) is 25.7 Å². The summed E-state index contributed by atoms with van der Waals surface area (Å²) in [6.45, 7) is 16.4. The normalized spacial score (nSPS) is 11.7. The first kappa shape index (κ1) is 41.8. The highest BCUT2D eigenvalue weighted by molar-refractivity contribution is 6.76. The molecule has 0 atom stereocenters. The summed E-state index contributed by atoms with van der Waals surface area (Å²) in [5.74, 6) is 0.913.